The highest BCUT2D eigenvalue weighted by atomic mass is 16.5. The molecular weight excluding hydrogens is 350 g/mol. The summed E-state index contributed by atoms with van der Waals surface area (Å²) in [5.74, 6) is 1.46. The number of hydrogen-bond donors (Lipinski definition) is 0. The largest absolute Gasteiger partial charge is 0.496 e. The average Bonchev–Trinajstić information content (AvgIpc) is 2.91. The fourth-order valence-corrected chi connectivity index (χ4v) is 3.53. The summed E-state index contributed by atoms with van der Waals surface area (Å²) >= 11 is 0. The van der Waals surface area contributed by atoms with Gasteiger partial charge in [0.25, 0.3) is 5.91 Å². The van der Waals surface area contributed by atoms with Crippen LogP contribution < -0.4 is 9.47 Å². The molecule has 0 aromatic heterocycles. The zero-order valence-electron chi connectivity index (χ0n) is 15.9. The lowest BCUT2D eigenvalue weighted by Gasteiger charge is -2.20. The van der Waals surface area contributed by atoms with E-state index in [1.807, 2.05) is 65.6 Å². The molecule has 4 nitrogen and oxygen atoms in total. The third-order valence-corrected chi connectivity index (χ3v) is 5.05. The van der Waals surface area contributed by atoms with Crippen molar-refractivity contribution in [2.75, 3.05) is 26.8 Å². The standard InChI is InChI=1S/C24H23NO3/c1-27-22-10-6-5-9-20(22)19-11-12-21-23(17-19)28-16-15-25(24(21)26)14-13-18-7-3-2-4-8-18/h2-12,17H,13-16H2,1H3. The lowest BCUT2D eigenvalue weighted by molar-refractivity contribution is 0.0757. The van der Waals surface area contributed by atoms with Gasteiger partial charge in [0.1, 0.15) is 18.1 Å². The zero-order chi connectivity index (χ0) is 19.3. The van der Waals surface area contributed by atoms with Crippen molar-refractivity contribution >= 4 is 5.91 Å². The van der Waals surface area contributed by atoms with Gasteiger partial charge in [0.15, 0.2) is 0 Å². The van der Waals surface area contributed by atoms with E-state index in [0.717, 1.165) is 23.3 Å². The first kappa shape index (κ1) is 18.1. The molecule has 3 aromatic carbocycles. The Labute approximate surface area is 165 Å². The lowest BCUT2D eigenvalue weighted by Crippen LogP contribution is -2.34. The highest BCUT2D eigenvalue weighted by molar-refractivity contribution is 5.98. The number of fused-ring (bicyclic) bond motifs is 1. The summed E-state index contributed by atoms with van der Waals surface area (Å²) in [5.41, 5.74) is 3.80. The predicted octanol–water partition coefficient (Wildman–Crippen LogP) is 4.44. The fourth-order valence-electron chi connectivity index (χ4n) is 3.53. The number of benzene rings is 3. The highest BCUT2D eigenvalue weighted by Gasteiger charge is 2.24. The Hall–Kier alpha value is -3.27. The molecular formula is C24H23NO3. The molecule has 0 radical (unpaired) electrons. The summed E-state index contributed by atoms with van der Waals surface area (Å²) in [6.07, 6.45) is 0.835. The number of carbonyl (C=O) groups excluding carboxylic acids is 1. The van der Waals surface area contributed by atoms with Crippen LogP contribution in [0.25, 0.3) is 11.1 Å². The van der Waals surface area contributed by atoms with Crippen molar-refractivity contribution in [1.29, 1.82) is 0 Å². The monoisotopic (exact) mass is 373 g/mol. The Morgan fingerprint density at radius 1 is 0.964 bits per heavy atom. The van der Waals surface area contributed by atoms with Gasteiger partial charge in [-0.1, -0.05) is 54.6 Å². The zero-order valence-corrected chi connectivity index (χ0v) is 15.9. The van der Waals surface area contributed by atoms with Crippen LogP contribution in [0.2, 0.25) is 0 Å². The highest BCUT2D eigenvalue weighted by Crippen LogP contribution is 2.34. The molecule has 28 heavy (non-hydrogen) atoms. The van der Waals surface area contributed by atoms with E-state index in [-0.39, 0.29) is 5.91 Å². The average molecular weight is 373 g/mol. The van der Waals surface area contributed by atoms with Gasteiger partial charge in [-0.15, -0.1) is 0 Å². The van der Waals surface area contributed by atoms with Gasteiger partial charge in [-0.3, -0.25) is 4.79 Å². The van der Waals surface area contributed by atoms with Crippen LogP contribution in [0.3, 0.4) is 0 Å². The van der Waals surface area contributed by atoms with Crippen molar-refractivity contribution in [1.82, 2.24) is 4.90 Å². The number of rotatable bonds is 5. The smallest absolute Gasteiger partial charge is 0.257 e. The van der Waals surface area contributed by atoms with Crippen LogP contribution in [-0.2, 0) is 6.42 Å². The summed E-state index contributed by atoms with van der Waals surface area (Å²) in [7, 11) is 1.66. The van der Waals surface area contributed by atoms with E-state index in [1.54, 1.807) is 7.11 Å². The second kappa shape index (κ2) is 8.17. The van der Waals surface area contributed by atoms with E-state index >= 15 is 0 Å². The van der Waals surface area contributed by atoms with Gasteiger partial charge in [0.2, 0.25) is 0 Å². The van der Waals surface area contributed by atoms with Crippen LogP contribution in [0.15, 0.2) is 72.8 Å². The summed E-state index contributed by atoms with van der Waals surface area (Å²) in [4.78, 5) is 14.9. The molecule has 0 saturated carbocycles. The molecule has 1 amide bonds. The van der Waals surface area contributed by atoms with Gasteiger partial charge >= 0.3 is 0 Å². The molecule has 0 atom stereocenters. The Bertz CT molecular complexity index is 969. The van der Waals surface area contributed by atoms with E-state index in [9.17, 15) is 4.79 Å². The topological polar surface area (TPSA) is 38.8 Å². The van der Waals surface area contributed by atoms with Gasteiger partial charge in [-0.2, -0.15) is 0 Å². The van der Waals surface area contributed by atoms with E-state index in [0.29, 0.717) is 31.0 Å². The van der Waals surface area contributed by atoms with Crippen LogP contribution in [0.1, 0.15) is 15.9 Å². The molecule has 0 unspecified atom stereocenters. The minimum Gasteiger partial charge on any atom is -0.496 e. The fraction of sp³-hybridized carbons (Fsp3) is 0.208. The predicted molar refractivity (Wildman–Crippen MR) is 110 cm³/mol. The van der Waals surface area contributed by atoms with Crippen LogP contribution in [0, 0.1) is 0 Å². The normalized spacial score (nSPS) is 13.5. The van der Waals surface area contributed by atoms with Gasteiger partial charge in [-0.05, 0) is 35.7 Å². The van der Waals surface area contributed by atoms with Gasteiger partial charge in [0.05, 0.1) is 19.2 Å². The Morgan fingerprint density at radius 3 is 2.57 bits per heavy atom. The first-order valence-electron chi connectivity index (χ1n) is 9.49. The Balaban J connectivity index is 1.57. The maximum atomic E-state index is 13.1. The van der Waals surface area contributed by atoms with Crippen molar-refractivity contribution < 1.29 is 14.3 Å². The van der Waals surface area contributed by atoms with E-state index in [2.05, 4.69) is 12.1 Å². The molecule has 0 spiro atoms. The molecule has 1 aliphatic rings. The number of methoxy groups -OCH3 is 1. The summed E-state index contributed by atoms with van der Waals surface area (Å²) in [5, 5.41) is 0. The number of ether oxygens (including phenoxy) is 2. The van der Waals surface area contributed by atoms with Crippen LogP contribution in [0.4, 0.5) is 0 Å². The molecule has 1 heterocycles. The van der Waals surface area contributed by atoms with Crippen LogP contribution in [0.5, 0.6) is 11.5 Å². The number of nitrogens with zero attached hydrogens (tertiary/aromatic N) is 1. The minimum absolute atomic E-state index is 0.0232. The second-order valence-corrected chi connectivity index (χ2v) is 6.79. The molecule has 0 aliphatic carbocycles. The van der Waals surface area contributed by atoms with Gasteiger partial charge in [-0.25, -0.2) is 0 Å². The van der Waals surface area contributed by atoms with Gasteiger partial charge in [0, 0.05) is 12.1 Å². The SMILES string of the molecule is COc1ccccc1-c1ccc2c(c1)OCCN(CCc1ccccc1)C2=O. The van der Waals surface area contributed by atoms with Gasteiger partial charge < -0.3 is 14.4 Å². The van der Waals surface area contributed by atoms with Crippen molar-refractivity contribution in [3.8, 4) is 22.6 Å². The van der Waals surface area contributed by atoms with E-state index in [4.69, 9.17) is 9.47 Å². The number of hydrogen-bond acceptors (Lipinski definition) is 3. The maximum Gasteiger partial charge on any atom is 0.257 e. The Morgan fingerprint density at radius 2 is 1.75 bits per heavy atom. The summed E-state index contributed by atoms with van der Waals surface area (Å²) < 4.78 is 11.4. The van der Waals surface area contributed by atoms with E-state index < -0.39 is 0 Å². The number of carbonyl (C=O) groups is 1. The third-order valence-electron chi connectivity index (χ3n) is 5.05. The van der Waals surface area contributed by atoms with Crippen molar-refractivity contribution in [2.45, 2.75) is 6.42 Å². The molecule has 0 saturated heterocycles. The van der Waals surface area contributed by atoms with Crippen molar-refractivity contribution in [3.05, 3.63) is 83.9 Å². The van der Waals surface area contributed by atoms with E-state index in [1.165, 1.54) is 5.56 Å². The number of amides is 1. The van der Waals surface area contributed by atoms with Crippen LogP contribution in [-0.4, -0.2) is 37.6 Å². The molecule has 0 fully saturated rings. The number of para-hydroxylation sites is 1. The first-order valence-corrected chi connectivity index (χ1v) is 9.49. The molecule has 4 rings (SSSR count). The Kier molecular flexibility index (Phi) is 5.29. The molecule has 0 bridgehead atoms. The molecule has 3 aromatic rings. The lowest BCUT2D eigenvalue weighted by atomic mass is 10.0. The summed E-state index contributed by atoms with van der Waals surface area (Å²) in [6, 6.07) is 23.8. The van der Waals surface area contributed by atoms with Crippen LogP contribution >= 0.6 is 0 Å². The second-order valence-electron chi connectivity index (χ2n) is 6.79. The molecule has 0 N–H and O–H groups in total. The molecule has 142 valence electrons. The quantitative estimate of drug-likeness (QED) is 0.664. The van der Waals surface area contributed by atoms with Crippen molar-refractivity contribution in [3.63, 3.8) is 0 Å². The maximum absolute atomic E-state index is 13.1. The molecule has 1 aliphatic heterocycles. The minimum atomic E-state index is 0.0232. The molecule has 4 heteroatoms. The van der Waals surface area contributed by atoms with Crippen molar-refractivity contribution in [2.24, 2.45) is 0 Å². The summed E-state index contributed by atoms with van der Waals surface area (Å²) in [6.45, 7) is 1.76. The first-order chi connectivity index (χ1) is 13.8. The third kappa shape index (κ3) is 3.72.